The number of ether oxygens (including phenoxy) is 2. The van der Waals surface area contributed by atoms with E-state index in [1.165, 1.54) is 6.07 Å². The Morgan fingerprint density at radius 3 is 2.00 bits per heavy atom. The number of fused-ring (bicyclic) bond motifs is 1. The molecule has 1 heterocycles. The second-order valence-corrected chi connectivity index (χ2v) is 6.19. The van der Waals surface area contributed by atoms with E-state index in [1.807, 2.05) is 0 Å². The fourth-order valence-electron chi connectivity index (χ4n) is 1.99. The smallest absolute Gasteiger partial charge is 0.267 e. The minimum absolute atomic E-state index is 0.108. The highest BCUT2D eigenvalue weighted by Crippen LogP contribution is 2.35. The molecule has 1 aliphatic rings. The van der Waals surface area contributed by atoms with Crippen LogP contribution in [0.3, 0.4) is 0 Å². The van der Waals surface area contributed by atoms with Crippen LogP contribution in [0.5, 0.6) is 11.5 Å². The normalized spacial score (nSPS) is 13.2. The van der Waals surface area contributed by atoms with Crippen molar-refractivity contribution < 1.29 is 39.8 Å². The van der Waals surface area contributed by atoms with Crippen molar-refractivity contribution in [2.24, 2.45) is 0 Å². The molecule has 0 fully saturated rings. The van der Waals surface area contributed by atoms with Gasteiger partial charge in [-0.2, -0.15) is 0 Å². The quantitative estimate of drug-likeness (QED) is 0.515. The number of hydrogen-bond donors (Lipinski definition) is 1. The Balaban J connectivity index is 2.06. The van der Waals surface area contributed by atoms with Gasteiger partial charge >= 0.3 is 0 Å². The fourth-order valence-corrected chi connectivity index (χ4v) is 3.18. The first-order valence-electron chi connectivity index (χ1n) is 6.16. The molecule has 11 heteroatoms. The van der Waals surface area contributed by atoms with E-state index < -0.39 is 44.0 Å². The lowest BCUT2D eigenvalue weighted by atomic mass is 10.3. The molecular formula is C13H6F5NO4S. The van der Waals surface area contributed by atoms with E-state index in [1.54, 1.807) is 4.72 Å². The van der Waals surface area contributed by atoms with Crippen molar-refractivity contribution >= 4 is 15.7 Å². The minimum atomic E-state index is -5.10. The Kier molecular flexibility index (Phi) is 3.74. The van der Waals surface area contributed by atoms with Gasteiger partial charge in [-0.05, 0) is 12.1 Å². The molecular weight excluding hydrogens is 361 g/mol. The molecule has 0 radical (unpaired) electrons. The third-order valence-electron chi connectivity index (χ3n) is 3.06. The van der Waals surface area contributed by atoms with Crippen molar-refractivity contribution in [3.8, 4) is 11.5 Å². The molecule has 0 spiro atoms. The number of rotatable bonds is 3. The third-order valence-corrected chi connectivity index (χ3v) is 4.46. The van der Waals surface area contributed by atoms with E-state index in [2.05, 4.69) is 0 Å². The molecule has 1 N–H and O–H groups in total. The van der Waals surface area contributed by atoms with Crippen LogP contribution in [0.25, 0.3) is 0 Å². The Labute approximate surface area is 131 Å². The van der Waals surface area contributed by atoms with E-state index in [0.29, 0.717) is 5.75 Å². The summed E-state index contributed by atoms with van der Waals surface area (Å²) in [5.41, 5.74) is -0.219. The number of hydrogen-bond acceptors (Lipinski definition) is 4. The van der Waals surface area contributed by atoms with E-state index >= 15 is 0 Å². The van der Waals surface area contributed by atoms with Crippen LogP contribution in [0.1, 0.15) is 0 Å². The van der Waals surface area contributed by atoms with Crippen LogP contribution in [0.15, 0.2) is 23.1 Å². The lowest BCUT2D eigenvalue weighted by molar-refractivity contribution is 0.174. The number of sulfonamides is 1. The molecule has 0 aliphatic carbocycles. The van der Waals surface area contributed by atoms with Gasteiger partial charge < -0.3 is 9.47 Å². The average Bonchev–Trinajstić information content (AvgIpc) is 2.98. The summed E-state index contributed by atoms with van der Waals surface area (Å²) in [6, 6.07) is 3.60. The zero-order valence-corrected chi connectivity index (χ0v) is 12.2. The van der Waals surface area contributed by atoms with Gasteiger partial charge in [0.2, 0.25) is 12.6 Å². The molecule has 1 aliphatic heterocycles. The Bertz CT molecular complexity index is 919. The lowest BCUT2D eigenvalue weighted by Crippen LogP contribution is -2.19. The van der Waals surface area contributed by atoms with E-state index in [0.717, 1.165) is 12.1 Å². The molecule has 24 heavy (non-hydrogen) atoms. The van der Waals surface area contributed by atoms with Gasteiger partial charge in [0, 0.05) is 6.07 Å². The van der Waals surface area contributed by atoms with Crippen molar-refractivity contribution in [1.82, 2.24) is 0 Å². The number of benzene rings is 2. The van der Waals surface area contributed by atoms with Gasteiger partial charge in [-0.25, -0.2) is 30.4 Å². The highest BCUT2D eigenvalue weighted by atomic mass is 32.2. The largest absolute Gasteiger partial charge is 0.454 e. The average molecular weight is 367 g/mol. The van der Waals surface area contributed by atoms with Crippen LogP contribution in [-0.4, -0.2) is 15.2 Å². The van der Waals surface area contributed by atoms with Crippen molar-refractivity contribution in [1.29, 1.82) is 0 Å². The monoisotopic (exact) mass is 367 g/mol. The van der Waals surface area contributed by atoms with Gasteiger partial charge in [-0.3, -0.25) is 4.72 Å². The van der Waals surface area contributed by atoms with E-state index in [4.69, 9.17) is 9.47 Å². The lowest BCUT2D eigenvalue weighted by Gasteiger charge is -2.11. The van der Waals surface area contributed by atoms with Gasteiger partial charge in [0.15, 0.2) is 39.7 Å². The Morgan fingerprint density at radius 1 is 0.833 bits per heavy atom. The molecule has 5 nitrogen and oxygen atoms in total. The first-order valence-corrected chi connectivity index (χ1v) is 7.64. The maximum absolute atomic E-state index is 13.6. The maximum atomic E-state index is 13.6. The van der Waals surface area contributed by atoms with Crippen molar-refractivity contribution in [2.75, 3.05) is 11.5 Å². The van der Waals surface area contributed by atoms with Crippen LogP contribution < -0.4 is 14.2 Å². The highest BCUT2D eigenvalue weighted by molar-refractivity contribution is 7.92. The van der Waals surface area contributed by atoms with Gasteiger partial charge in [-0.1, -0.05) is 0 Å². The molecule has 0 saturated carbocycles. The van der Waals surface area contributed by atoms with Gasteiger partial charge in [0.25, 0.3) is 10.0 Å². The van der Waals surface area contributed by atoms with Crippen molar-refractivity contribution in [3.63, 3.8) is 0 Å². The summed E-state index contributed by atoms with van der Waals surface area (Å²) in [6.45, 7) is -0.108. The van der Waals surface area contributed by atoms with Crippen LogP contribution in [-0.2, 0) is 10.0 Å². The van der Waals surface area contributed by atoms with Gasteiger partial charge in [0.1, 0.15) is 0 Å². The van der Waals surface area contributed by atoms with Crippen molar-refractivity contribution in [2.45, 2.75) is 4.90 Å². The molecule has 2 aromatic rings. The Hall–Kier alpha value is -2.56. The molecule has 0 saturated heterocycles. The summed E-state index contributed by atoms with van der Waals surface area (Å²) >= 11 is 0. The van der Waals surface area contributed by atoms with Crippen LogP contribution in [0.2, 0.25) is 0 Å². The fraction of sp³-hybridized carbons (Fsp3) is 0.0769. The molecule has 0 unspecified atom stereocenters. The minimum Gasteiger partial charge on any atom is -0.454 e. The second kappa shape index (κ2) is 5.51. The van der Waals surface area contributed by atoms with Crippen LogP contribution in [0.4, 0.5) is 27.6 Å². The SMILES string of the molecule is O=S(=O)(Nc1ccc2c(c1)OCO2)c1c(F)c(F)c(F)c(F)c1F. The first kappa shape index (κ1) is 16.3. The van der Waals surface area contributed by atoms with Crippen LogP contribution in [0, 0.1) is 29.1 Å². The molecule has 3 rings (SSSR count). The van der Waals surface area contributed by atoms with Crippen LogP contribution >= 0.6 is 0 Å². The summed E-state index contributed by atoms with van der Waals surface area (Å²) < 4.78 is 102. The zero-order chi connectivity index (χ0) is 17.6. The summed E-state index contributed by atoms with van der Waals surface area (Å²) in [6.07, 6.45) is 0. The van der Waals surface area contributed by atoms with Gasteiger partial charge in [0.05, 0.1) is 5.69 Å². The summed E-state index contributed by atoms with van der Waals surface area (Å²) in [4.78, 5) is -1.98. The maximum Gasteiger partial charge on any atom is 0.267 e. The third kappa shape index (κ3) is 2.50. The van der Waals surface area contributed by atoms with Crippen molar-refractivity contribution in [3.05, 3.63) is 47.3 Å². The number of anilines is 1. The standard InChI is InChI=1S/C13H6F5NO4S/c14-8-9(15)11(17)13(12(18)10(8)16)24(20,21)19-5-1-2-6-7(3-5)23-4-22-6/h1-3,19H,4H2. The topological polar surface area (TPSA) is 64.6 Å². The second-order valence-electron chi connectivity index (χ2n) is 4.57. The van der Waals surface area contributed by atoms with E-state index in [9.17, 15) is 30.4 Å². The first-order chi connectivity index (χ1) is 11.2. The highest BCUT2D eigenvalue weighted by Gasteiger charge is 2.33. The number of nitrogens with one attached hydrogen (secondary N) is 1. The summed E-state index contributed by atoms with van der Waals surface area (Å²) in [5, 5.41) is 0. The van der Waals surface area contributed by atoms with E-state index in [-0.39, 0.29) is 18.2 Å². The predicted octanol–water partition coefficient (Wildman–Crippen LogP) is 2.91. The number of halogens is 5. The molecule has 0 atom stereocenters. The summed E-state index contributed by atoms with van der Waals surface area (Å²) in [7, 11) is -5.10. The summed E-state index contributed by atoms with van der Waals surface area (Å²) in [5.74, 6) is -11.6. The molecule has 128 valence electrons. The molecule has 0 amide bonds. The Morgan fingerprint density at radius 2 is 1.38 bits per heavy atom. The molecule has 0 bridgehead atoms. The predicted molar refractivity (Wildman–Crippen MR) is 69.6 cm³/mol. The zero-order valence-electron chi connectivity index (χ0n) is 11.4. The molecule has 0 aromatic heterocycles. The molecule has 2 aromatic carbocycles. The van der Waals surface area contributed by atoms with Gasteiger partial charge in [-0.15, -0.1) is 0 Å².